The van der Waals surface area contributed by atoms with E-state index in [2.05, 4.69) is 4.57 Å². The van der Waals surface area contributed by atoms with E-state index in [4.69, 9.17) is 25.8 Å². The number of allylic oxidation sites excluding steroid dienone is 1. The predicted molar refractivity (Wildman–Crippen MR) is 124 cm³/mol. The highest BCUT2D eigenvalue weighted by atomic mass is 35.5. The van der Waals surface area contributed by atoms with Crippen molar-refractivity contribution in [2.45, 2.75) is 26.3 Å². The summed E-state index contributed by atoms with van der Waals surface area (Å²) in [6, 6.07) is 10.9. The van der Waals surface area contributed by atoms with Crippen molar-refractivity contribution in [3.8, 4) is 11.5 Å². The van der Waals surface area contributed by atoms with E-state index in [0.29, 0.717) is 46.1 Å². The largest absolute Gasteiger partial charge is 0.463 e. The lowest BCUT2D eigenvalue weighted by molar-refractivity contribution is -0.138. The van der Waals surface area contributed by atoms with Crippen LogP contribution >= 0.6 is 11.6 Å². The van der Waals surface area contributed by atoms with Crippen molar-refractivity contribution in [1.29, 1.82) is 0 Å². The van der Waals surface area contributed by atoms with E-state index in [1.54, 1.807) is 19.1 Å². The minimum Gasteiger partial charge on any atom is -0.463 e. The SMILES string of the molecule is CCOC(=O)C1=C(C)N2CCn3c2c(c(=O)c2ccc(Cl)cc23)C1c1ccc2c(c1)OCO2. The van der Waals surface area contributed by atoms with E-state index < -0.39 is 11.9 Å². The summed E-state index contributed by atoms with van der Waals surface area (Å²) in [7, 11) is 0. The fourth-order valence-electron chi connectivity index (χ4n) is 5.24. The van der Waals surface area contributed by atoms with Crippen LogP contribution in [0.15, 0.2) is 52.5 Å². The minimum atomic E-state index is -0.596. The molecule has 8 heteroatoms. The second-order valence-electron chi connectivity index (χ2n) is 8.30. The zero-order valence-corrected chi connectivity index (χ0v) is 18.9. The third-order valence-corrected chi connectivity index (χ3v) is 6.87. The maximum Gasteiger partial charge on any atom is 0.336 e. The zero-order valence-electron chi connectivity index (χ0n) is 18.2. The van der Waals surface area contributed by atoms with Gasteiger partial charge in [-0.25, -0.2) is 4.79 Å². The topological polar surface area (TPSA) is 70.0 Å². The Hall–Kier alpha value is -3.45. The number of hydrogen-bond acceptors (Lipinski definition) is 6. The number of anilines is 1. The summed E-state index contributed by atoms with van der Waals surface area (Å²) in [5.41, 5.74) is 3.29. The van der Waals surface area contributed by atoms with Crippen molar-refractivity contribution in [3.63, 3.8) is 0 Å². The number of benzene rings is 2. The Morgan fingerprint density at radius 3 is 2.79 bits per heavy atom. The highest BCUT2D eigenvalue weighted by Crippen LogP contribution is 2.48. The van der Waals surface area contributed by atoms with Crippen molar-refractivity contribution < 1.29 is 19.0 Å². The Bertz CT molecular complexity index is 1440. The van der Waals surface area contributed by atoms with Crippen molar-refractivity contribution in [1.82, 2.24) is 4.57 Å². The fourth-order valence-corrected chi connectivity index (χ4v) is 5.40. The van der Waals surface area contributed by atoms with E-state index >= 15 is 0 Å². The summed E-state index contributed by atoms with van der Waals surface area (Å²) in [6.07, 6.45) is 0. The first-order valence-electron chi connectivity index (χ1n) is 10.9. The molecule has 0 amide bonds. The molecule has 2 aromatic carbocycles. The van der Waals surface area contributed by atoms with E-state index in [1.165, 1.54) is 0 Å². The van der Waals surface area contributed by atoms with Crippen LogP contribution < -0.4 is 19.8 Å². The Labute approximate surface area is 194 Å². The molecule has 0 bridgehead atoms. The quantitative estimate of drug-likeness (QED) is 0.541. The minimum absolute atomic E-state index is 0.114. The average Bonchev–Trinajstić information content (AvgIpc) is 3.45. The highest BCUT2D eigenvalue weighted by molar-refractivity contribution is 6.31. The maximum absolute atomic E-state index is 13.9. The number of aromatic nitrogens is 1. The molecule has 0 aliphatic carbocycles. The summed E-state index contributed by atoms with van der Waals surface area (Å²) in [6.45, 7) is 5.42. The third kappa shape index (κ3) is 2.82. The fraction of sp³-hybridized carbons (Fsp3) is 0.280. The molecule has 3 aliphatic rings. The third-order valence-electron chi connectivity index (χ3n) is 6.64. The lowest BCUT2D eigenvalue weighted by Gasteiger charge is -2.34. The number of esters is 1. The van der Waals surface area contributed by atoms with Gasteiger partial charge in [0.15, 0.2) is 16.9 Å². The molecule has 7 nitrogen and oxygen atoms in total. The number of ether oxygens (including phenoxy) is 3. The van der Waals surface area contributed by atoms with E-state index in [1.807, 2.05) is 36.1 Å². The molecule has 0 saturated carbocycles. The van der Waals surface area contributed by atoms with Gasteiger partial charge in [-0.3, -0.25) is 4.79 Å². The predicted octanol–water partition coefficient (Wildman–Crippen LogP) is 4.19. The number of carbonyl (C=O) groups excluding carboxylic acids is 1. The van der Waals surface area contributed by atoms with Gasteiger partial charge in [0.25, 0.3) is 0 Å². The summed E-state index contributed by atoms with van der Waals surface area (Å²) >= 11 is 6.28. The van der Waals surface area contributed by atoms with Gasteiger partial charge in [0.2, 0.25) is 6.79 Å². The standard InChI is InChI=1S/C25H21ClN2O5/c1-3-31-25(30)20-13(2)27-8-9-28-17-11-15(26)5-6-16(17)23(29)22(24(27)28)21(20)14-4-7-18-19(10-14)33-12-32-18/h4-7,10-11,21H,3,8-9,12H2,1-2H3. The first-order valence-corrected chi connectivity index (χ1v) is 11.3. The van der Waals surface area contributed by atoms with Crippen LogP contribution in [0, 0.1) is 0 Å². The van der Waals surface area contributed by atoms with Gasteiger partial charge >= 0.3 is 5.97 Å². The van der Waals surface area contributed by atoms with Crippen LogP contribution in [0.4, 0.5) is 5.82 Å². The van der Waals surface area contributed by atoms with Crippen LogP contribution in [-0.4, -0.2) is 30.5 Å². The van der Waals surface area contributed by atoms with Gasteiger partial charge in [0.05, 0.1) is 29.2 Å². The first kappa shape index (κ1) is 20.2. The number of carbonyl (C=O) groups is 1. The number of rotatable bonds is 3. The number of halogens is 1. The molecule has 0 fully saturated rings. The van der Waals surface area contributed by atoms with Gasteiger partial charge in [0, 0.05) is 29.2 Å². The Morgan fingerprint density at radius 1 is 1.15 bits per heavy atom. The summed E-state index contributed by atoms with van der Waals surface area (Å²) in [4.78, 5) is 29.2. The lowest BCUT2D eigenvalue weighted by Crippen LogP contribution is -2.35. The van der Waals surface area contributed by atoms with E-state index in [9.17, 15) is 9.59 Å². The van der Waals surface area contributed by atoms with Crippen LogP contribution in [0.5, 0.6) is 11.5 Å². The van der Waals surface area contributed by atoms with Crippen LogP contribution in [-0.2, 0) is 16.1 Å². The number of pyridine rings is 1. The zero-order chi connectivity index (χ0) is 22.9. The van der Waals surface area contributed by atoms with Crippen molar-refractivity contribution in [3.05, 3.63) is 74.0 Å². The first-order chi connectivity index (χ1) is 16.0. The Kier molecular flexibility index (Phi) is 4.45. The van der Waals surface area contributed by atoms with Gasteiger partial charge < -0.3 is 23.7 Å². The van der Waals surface area contributed by atoms with Gasteiger partial charge in [-0.05, 0) is 49.7 Å². The normalized spacial score (nSPS) is 18.2. The lowest BCUT2D eigenvalue weighted by atomic mass is 9.80. The van der Waals surface area contributed by atoms with Crippen molar-refractivity contribution in [2.24, 2.45) is 0 Å². The molecule has 6 rings (SSSR count). The van der Waals surface area contributed by atoms with Crippen LogP contribution in [0.2, 0.25) is 5.02 Å². The smallest absolute Gasteiger partial charge is 0.336 e. The van der Waals surface area contributed by atoms with Gasteiger partial charge in [0.1, 0.15) is 5.82 Å². The maximum atomic E-state index is 13.9. The molecule has 0 N–H and O–H groups in total. The number of nitrogens with zero attached hydrogens (tertiary/aromatic N) is 2. The second-order valence-corrected chi connectivity index (χ2v) is 8.73. The van der Waals surface area contributed by atoms with Gasteiger partial charge in [-0.1, -0.05) is 17.7 Å². The van der Waals surface area contributed by atoms with Crippen LogP contribution in [0.1, 0.15) is 30.9 Å². The Morgan fingerprint density at radius 2 is 1.97 bits per heavy atom. The number of hydrogen-bond donors (Lipinski definition) is 0. The average molecular weight is 465 g/mol. The summed E-state index contributed by atoms with van der Waals surface area (Å²) < 4.78 is 18.7. The molecular formula is C25H21ClN2O5. The molecule has 1 atom stereocenters. The highest BCUT2D eigenvalue weighted by Gasteiger charge is 2.42. The molecule has 33 heavy (non-hydrogen) atoms. The van der Waals surface area contributed by atoms with Crippen molar-refractivity contribution in [2.75, 3.05) is 24.8 Å². The van der Waals surface area contributed by atoms with Crippen molar-refractivity contribution >= 4 is 34.3 Å². The van der Waals surface area contributed by atoms with Crippen LogP contribution in [0.3, 0.4) is 0 Å². The molecule has 0 saturated heterocycles. The van der Waals surface area contributed by atoms with E-state index in [-0.39, 0.29) is 18.8 Å². The summed E-state index contributed by atoms with van der Waals surface area (Å²) in [5, 5.41) is 1.15. The monoisotopic (exact) mass is 464 g/mol. The molecule has 1 unspecified atom stereocenters. The summed E-state index contributed by atoms with van der Waals surface area (Å²) in [5.74, 6) is 1.03. The molecule has 3 aliphatic heterocycles. The molecule has 4 heterocycles. The molecular weight excluding hydrogens is 444 g/mol. The van der Waals surface area contributed by atoms with Gasteiger partial charge in [-0.2, -0.15) is 0 Å². The Balaban J connectivity index is 1.69. The molecule has 3 aromatic rings. The second kappa shape index (κ2) is 7.28. The molecule has 168 valence electrons. The van der Waals surface area contributed by atoms with E-state index in [0.717, 1.165) is 22.6 Å². The van der Waals surface area contributed by atoms with Gasteiger partial charge in [-0.15, -0.1) is 0 Å². The van der Waals surface area contributed by atoms with Crippen LogP contribution in [0.25, 0.3) is 10.9 Å². The molecule has 1 aromatic heterocycles. The molecule has 0 spiro atoms. The molecule has 0 radical (unpaired) electrons. The number of fused-ring (bicyclic) bond motifs is 3.